The Labute approximate surface area is 99.7 Å². The molecule has 2 aromatic rings. The van der Waals surface area contributed by atoms with Gasteiger partial charge in [-0.2, -0.15) is 0 Å². The molecule has 2 rings (SSSR count). The van der Waals surface area contributed by atoms with Crippen molar-refractivity contribution < 1.29 is 9.53 Å². The van der Waals surface area contributed by atoms with E-state index in [0.29, 0.717) is 18.0 Å². The van der Waals surface area contributed by atoms with Crippen LogP contribution in [0.5, 0.6) is 0 Å². The van der Waals surface area contributed by atoms with E-state index in [1.54, 1.807) is 18.2 Å². The summed E-state index contributed by atoms with van der Waals surface area (Å²) in [6.45, 7) is 3.97. The normalized spacial score (nSPS) is 9.88. The van der Waals surface area contributed by atoms with Gasteiger partial charge in [-0.05, 0) is 26.0 Å². The first-order valence-corrected chi connectivity index (χ1v) is 4.85. The van der Waals surface area contributed by atoms with E-state index in [2.05, 4.69) is 4.98 Å². The van der Waals surface area contributed by atoms with E-state index in [0.717, 1.165) is 5.65 Å². The van der Waals surface area contributed by atoms with Crippen molar-refractivity contribution >= 4 is 24.0 Å². The zero-order chi connectivity index (χ0) is 10.8. The average molecular weight is 241 g/mol. The van der Waals surface area contributed by atoms with Crippen molar-refractivity contribution in [2.24, 2.45) is 0 Å². The van der Waals surface area contributed by atoms with Gasteiger partial charge in [0.15, 0.2) is 5.69 Å². The second-order valence-corrected chi connectivity index (χ2v) is 3.20. The second kappa shape index (κ2) is 4.99. The van der Waals surface area contributed by atoms with E-state index >= 15 is 0 Å². The molecule has 0 unspecified atom stereocenters. The number of carbonyl (C=O) groups is 1. The summed E-state index contributed by atoms with van der Waals surface area (Å²) in [5, 5.41) is 0. The number of hydrogen-bond acceptors (Lipinski definition) is 3. The zero-order valence-corrected chi connectivity index (χ0v) is 9.95. The highest BCUT2D eigenvalue weighted by atomic mass is 35.5. The molecule has 4 nitrogen and oxygen atoms in total. The van der Waals surface area contributed by atoms with Crippen LogP contribution in [0, 0.1) is 6.92 Å². The minimum Gasteiger partial charge on any atom is -0.461 e. The van der Waals surface area contributed by atoms with Crippen LogP contribution in [-0.2, 0) is 4.74 Å². The third-order valence-corrected chi connectivity index (χ3v) is 2.17. The van der Waals surface area contributed by atoms with Gasteiger partial charge < -0.3 is 4.74 Å². The van der Waals surface area contributed by atoms with Gasteiger partial charge in [-0.3, -0.25) is 4.40 Å². The second-order valence-electron chi connectivity index (χ2n) is 3.20. The first kappa shape index (κ1) is 12.5. The molecule has 0 atom stereocenters. The molecule has 0 saturated carbocycles. The van der Waals surface area contributed by atoms with Gasteiger partial charge in [0.1, 0.15) is 5.65 Å². The molecule has 0 fully saturated rings. The standard InChI is InChI=1S/C11H12N2O2.ClH/c1-3-15-11(14)10-8(2)12-9-6-4-5-7-13(9)10;/h4-7H,3H2,1-2H3;1H. The van der Waals surface area contributed by atoms with Crippen molar-refractivity contribution in [2.45, 2.75) is 13.8 Å². The number of halogens is 1. The van der Waals surface area contributed by atoms with E-state index in [1.807, 2.05) is 24.4 Å². The van der Waals surface area contributed by atoms with Gasteiger partial charge in [0.25, 0.3) is 0 Å². The largest absolute Gasteiger partial charge is 0.461 e. The van der Waals surface area contributed by atoms with E-state index in [-0.39, 0.29) is 18.4 Å². The van der Waals surface area contributed by atoms with Gasteiger partial charge in [-0.25, -0.2) is 9.78 Å². The smallest absolute Gasteiger partial charge is 0.357 e. The molecule has 5 heteroatoms. The molecule has 0 aromatic carbocycles. The Hall–Kier alpha value is -1.55. The number of nitrogens with zero attached hydrogens (tertiary/aromatic N) is 2. The Morgan fingerprint density at radius 2 is 2.25 bits per heavy atom. The summed E-state index contributed by atoms with van der Waals surface area (Å²) in [7, 11) is 0. The molecule has 2 heterocycles. The summed E-state index contributed by atoms with van der Waals surface area (Å²) in [5.74, 6) is -0.325. The molecule has 0 saturated heterocycles. The lowest BCUT2D eigenvalue weighted by Gasteiger charge is -2.01. The molecule has 86 valence electrons. The fraction of sp³-hybridized carbons (Fsp3) is 0.273. The van der Waals surface area contributed by atoms with Crippen LogP contribution in [0.3, 0.4) is 0 Å². The van der Waals surface area contributed by atoms with Crippen LogP contribution >= 0.6 is 12.4 Å². The maximum absolute atomic E-state index is 11.7. The number of rotatable bonds is 2. The summed E-state index contributed by atoms with van der Waals surface area (Å²) in [4.78, 5) is 15.9. The highest BCUT2D eigenvalue weighted by Gasteiger charge is 2.16. The Bertz CT molecular complexity index is 508. The van der Waals surface area contributed by atoms with Gasteiger partial charge in [0.05, 0.1) is 12.3 Å². The van der Waals surface area contributed by atoms with Crippen molar-refractivity contribution in [3.63, 3.8) is 0 Å². The summed E-state index contributed by atoms with van der Waals surface area (Å²) in [6, 6.07) is 5.60. The fourth-order valence-corrected chi connectivity index (χ4v) is 1.56. The molecular weight excluding hydrogens is 228 g/mol. The Balaban J connectivity index is 0.00000128. The van der Waals surface area contributed by atoms with Crippen molar-refractivity contribution in [3.8, 4) is 0 Å². The number of aromatic nitrogens is 2. The lowest BCUT2D eigenvalue weighted by atomic mass is 10.3. The molecule has 0 spiro atoms. The van der Waals surface area contributed by atoms with Crippen LogP contribution in [0.4, 0.5) is 0 Å². The monoisotopic (exact) mass is 240 g/mol. The SMILES string of the molecule is CCOC(=O)c1c(C)nc2ccccn12.Cl. The number of carbonyl (C=O) groups excluding carboxylic acids is 1. The Morgan fingerprint density at radius 1 is 1.50 bits per heavy atom. The topological polar surface area (TPSA) is 43.6 Å². The highest BCUT2D eigenvalue weighted by Crippen LogP contribution is 2.12. The molecular formula is C11H13ClN2O2. The van der Waals surface area contributed by atoms with Crippen LogP contribution in [0.1, 0.15) is 23.1 Å². The van der Waals surface area contributed by atoms with Gasteiger partial charge in [-0.1, -0.05) is 6.07 Å². The predicted molar refractivity (Wildman–Crippen MR) is 63.1 cm³/mol. The number of fused-ring (bicyclic) bond motifs is 1. The molecule has 0 bridgehead atoms. The van der Waals surface area contributed by atoms with E-state index in [1.165, 1.54) is 0 Å². The van der Waals surface area contributed by atoms with E-state index in [4.69, 9.17) is 4.74 Å². The number of aryl methyl sites for hydroxylation is 1. The van der Waals surface area contributed by atoms with E-state index in [9.17, 15) is 4.79 Å². The van der Waals surface area contributed by atoms with Crippen LogP contribution in [0.15, 0.2) is 24.4 Å². The minimum atomic E-state index is -0.325. The quantitative estimate of drug-likeness (QED) is 0.757. The number of pyridine rings is 1. The fourth-order valence-electron chi connectivity index (χ4n) is 1.56. The number of imidazole rings is 1. The predicted octanol–water partition coefficient (Wildman–Crippen LogP) is 2.24. The molecule has 0 amide bonds. The van der Waals surface area contributed by atoms with E-state index < -0.39 is 0 Å². The maximum Gasteiger partial charge on any atom is 0.357 e. The molecule has 16 heavy (non-hydrogen) atoms. The van der Waals surface area contributed by atoms with Crippen molar-refractivity contribution in [3.05, 3.63) is 35.8 Å². The number of esters is 1. The average Bonchev–Trinajstić information content (AvgIpc) is 2.54. The van der Waals surface area contributed by atoms with Crippen LogP contribution in [0.25, 0.3) is 5.65 Å². The Kier molecular flexibility index (Phi) is 3.90. The summed E-state index contributed by atoms with van der Waals surface area (Å²) in [5.41, 5.74) is 1.96. The van der Waals surface area contributed by atoms with Crippen molar-refractivity contribution in [1.29, 1.82) is 0 Å². The van der Waals surface area contributed by atoms with Gasteiger partial charge in [-0.15, -0.1) is 12.4 Å². The van der Waals surface area contributed by atoms with Crippen LogP contribution in [0.2, 0.25) is 0 Å². The first-order chi connectivity index (χ1) is 7.24. The molecule has 0 aliphatic heterocycles. The maximum atomic E-state index is 11.7. The van der Waals surface area contributed by atoms with Crippen LogP contribution in [-0.4, -0.2) is 22.0 Å². The summed E-state index contributed by atoms with van der Waals surface area (Å²) < 4.78 is 6.72. The summed E-state index contributed by atoms with van der Waals surface area (Å²) >= 11 is 0. The first-order valence-electron chi connectivity index (χ1n) is 4.85. The molecule has 0 aliphatic rings. The molecule has 0 N–H and O–H groups in total. The molecule has 0 aliphatic carbocycles. The Morgan fingerprint density at radius 3 is 2.94 bits per heavy atom. The van der Waals surface area contributed by atoms with Crippen LogP contribution < -0.4 is 0 Å². The van der Waals surface area contributed by atoms with Gasteiger partial charge in [0.2, 0.25) is 0 Å². The van der Waals surface area contributed by atoms with Crippen molar-refractivity contribution in [1.82, 2.24) is 9.38 Å². The third kappa shape index (κ3) is 2.02. The number of hydrogen-bond donors (Lipinski definition) is 0. The lowest BCUT2D eigenvalue weighted by molar-refractivity contribution is 0.0517. The lowest BCUT2D eigenvalue weighted by Crippen LogP contribution is -2.09. The van der Waals surface area contributed by atoms with Gasteiger partial charge >= 0.3 is 5.97 Å². The minimum absolute atomic E-state index is 0. The molecule has 0 radical (unpaired) electrons. The molecule has 2 aromatic heterocycles. The summed E-state index contributed by atoms with van der Waals surface area (Å²) in [6.07, 6.45) is 1.81. The third-order valence-electron chi connectivity index (χ3n) is 2.17. The van der Waals surface area contributed by atoms with Gasteiger partial charge in [0, 0.05) is 6.20 Å². The number of ether oxygens (including phenoxy) is 1. The highest BCUT2D eigenvalue weighted by molar-refractivity contribution is 5.90. The zero-order valence-electron chi connectivity index (χ0n) is 9.14. The van der Waals surface area contributed by atoms with Crippen molar-refractivity contribution in [2.75, 3.05) is 6.61 Å².